The van der Waals surface area contributed by atoms with Gasteiger partial charge < -0.3 is 5.32 Å². The molecular weight excluding hydrogens is 346 g/mol. The highest BCUT2D eigenvalue weighted by molar-refractivity contribution is 9.10. The molecule has 21 heavy (non-hydrogen) atoms. The summed E-state index contributed by atoms with van der Waals surface area (Å²) in [4.78, 5) is 0. The normalized spacial score (nSPS) is 12.4. The third kappa shape index (κ3) is 4.32. The summed E-state index contributed by atoms with van der Waals surface area (Å²) in [5.74, 6) is 0. The minimum absolute atomic E-state index is 0.280. The molecule has 2 rings (SSSR count). The van der Waals surface area contributed by atoms with Crippen LogP contribution < -0.4 is 5.32 Å². The van der Waals surface area contributed by atoms with Crippen molar-refractivity contribution in [1.29, 1.82) is 0 Å². The van der Waals surface area contributed by atoms with Crippen molar-refractivity contribution in [3.63, 3.8) is 0 Å². The fourth-order valence-corrected chi connectivity index (χ4v) is 2.89. The zero-order valence-electron chi connectivity index (χ0n) is 12.7. The molecule has 112 valence electrons. The first kappa shape index (κ1) is 16.5. The van der Waals surface area contributed by atoms with Gasteiger partial charge in [-0.25, -0.2) is 0 Å². The van der Waals surface area contributed by atoms with Crippen molar-refractivity contribution in [3.05, 3.63) is 68.1 Å². The van der Waals surface area contributed by atoms with Gasteiger partial charge in [-0.1, -0.05) is 42.8 Å². The molecule has 0 spiro atoms. The SMILES string of the molecule is CCNC(Cc1ccc(C)c(C)c1)c1ccc(Br)c(Cl)c1. The van der Waals surface area contributed by atoms with E-state index < -0.39 is 0 Å². The summed E-state index contributed by atoms with van der Waals surface area (Å²) >= 11 is 9.68. The molecule has 0 aliphatic heterocycles. The van der Waals surface area contributed by atoms with E-state index in [1.807, 2.05) is 12.1 Å². The van der Waals surface area contributed by atoms with Crippen molar-refractivity contribution < 1.29 is 0 Å². The summed E-state index contributed by atoms with van der Waals surface area (Å²) < 4.78 is 0.939. The lowest BCUT2D eigenvalue weighted by Gasteiger charge is -2.19. The van der Waals surface area contributed by atoms with E-state index in [9.17, 15) is 0 Å². The molecule has 0 saturated carbocycles. The third-order valence-electron chi connectivity index (χ3n) is 3.81. The molecular formula is C18H21BrClN. The van der Waals surface area contributed by atoms with Crippen LogP contribution in [0.25, 0.3) is 0 Å². The molecule has 0 radical (unpaired) electrons. The summed E-state index contributed by atoms with van der Waals surface area (Å²) in [7, 11) is 0. The van der Waals surface area contributed by atoms with Crippen LogP contribution >= 0.6 is 27.5 Å². The molecule has 0 aliphatic rings. The Morgan fingerprint density at radius 2 is 1.86 bits per heavy atom. The molecule has 0 heterocycles. The lowest BCUT2D eigenvalue weighted by atomic mass is 9.96. The number of aryl methyl sites for hydroxylation is 2. The predicted octanol–water partition coefficient (Wildman–Crippen LogP) is 5.61. The van der Waals surface area contributed by atoms with Crippen LogP contribution in [0.5, 0.6) is 0 Å². The largest absolute Gasteiger partial charge is 0.310 e. The van der Waals surface area contributed by atoms with Crippen LogP contribution in [-0.2, 0) is 6.42 Å². The standard InChI is InChI=1S/C18H21BrClN/c1-4-21-18(15-7-8-16(19)17(20)11-15)10-14-6-5-12(2)13(3)9-14/h5-9,11,18,21H,4,10H2,1-3H3. The Bertz CT molecular complexity index is 625. The minimum atomic E-state index is 0.280. The van der Waals surface area contributed by atoms with Crippen molar-refractivity contribution in [2.75, 3.05) is 6.54 Å². The topological polar surface area (TPSA) is 12.0 Å². The minimum Gasteiger partial charge on any atom is -0.310 e. The number of rotatable bonds is 5. The van der Waals surface area contributed by atoms with Crippen LogP contribution in [0.4, 0.5) is 0 Å². The van der Waals surface area contributed by atoms with Crippen molar-refractivity contribution >= 4 is 27.5 Å². The van der Waals surface area contributed by atoms with Crippen molar-refractivity contribution in [2.45, 2.75) is 33.2 Å². The number of hydrogen-bond donors (Lipinski definition) is 1. The monoisotopic (exact) mass is 365 g/mol. The number of benzene rings is 2. The Morgan fingerprint density at radius 3 is 2.48 bits per heavy atom. The molecule has 2 aromatic carbocycles. The number of likely N-dealkylation sites (N-methyl/N-ethyl adjacent to an activating group) is 1. The summed E-state index contributed by atoms with van der Waals surface area (Å²) in [5.41, 5.74) is 5.26. The van der Waals surface area contributed by atoms with Gasteiger partial charge in [0.05, 0.1) is 5.02 Å². The fourth-order valence-electron chi connectivity index (χ4n) is 2.45. The molecule has 0 bridgehead atoms. The smallest absolute Gasteiger partial charge is 0.0551 e. The highest BCUT2D eigenvalue weighted by atomic mass is 79.9. The molecule has 0 aromatic heterocycles. The summed E-state index contributed by atoms with van der Waals surface area (Å²) in [5, 5.41) is 4.31. The molecule has 0 fully saturated rings. The van der Waals surface area contributed by atoms with Gasteiger partial charge in [-0.05, 0) is 77.1 Å². The van der Waals surface area contributed by atoms with E-state index in [2.05, 4.69) is 66.3 Å². The Labute approximate surface area is 140 Å². The lowest BCUT2D eigenvalue weighted by Crippen LogP contribution is -2.23. The Hall–Kier alpha value is -0.830. The highest BCUT2D eigenvalue weighted by Crippen LogP contribution is 2.28. The summed E-state index contributed by atoms with van der Waals surface area (Å²) in [6.45, 7) is 7.38. The maximum Gasteiger partial charge on any atom is 0.0551 e. The molecule has 1 N–H and O–H groups in total. The first-order valence-electron chi connectivity index (χ1n) is 7.25. The second-order valence-electron chi connectivity index (χ2n) is 5.41. The van der Waals surface area contributed by atoms with Gasteiger partial charge in [0, 0.05) is 10.5 Å². The molecule has 0 amide bonds. The van der Waals surface area contributed by atoms with Gasteiger partial charge in [0.1, 0.15) is 0 Å². The van der Waals surface area contributed by atoms with Crippen LogP contribution in [0.3, 0.4) is 0 Å². The molecule has 0 saturated heterocycles. The summed E-state index contributed by atoms with van der Waals surface area (Å²) in [6.07, 6.45) is 0.965. The van der Waals surface area contributed by atoms with Crippen LogP contribution in [0.1, 0.15) is 35.2 Å². The van der Waals surface area contributed by atoms with Crippen LogP contribution in [-0.4, -0.2) is 6.54 Å². The first-order valence-corrected chi connectivity index (χ1v) is 8.42. The zero-order valence-corrected chi connectivity index (χ0v) is 15.1. The summed E-state index contributed by atoms with van der Waals surface area (Å²) in [6, 6.07) is 13.2. The van der Waals surface area contributed by atoms with Gasteiger partial charge in [0.2, 0.25) is 0 Å². The van der Waals surface area contributed by atoms with Gasteiger partial charge in [0.15, 0.2) is 0 Å². The average molecular weight is 367 g/mol. The first-order chi connectivity index (χ1) is 10.0. The molecule has 0 aliphatic carbocycles. The highest BCUT2D eigenvalue weighted by Gasteiger charge is 2.13. The van der Waals surface area contributed by atoms with E-state index in [1.165, 1.54) is 22.3 Å². The fraction of sp³-hybridized carbons (Fsp3) is 0.333. The average Bonchev–Trinajstić information content (AvgIpc) is 2.45. The molecule has 2 aromatic rings. The van der Waals surface area contributed by atoms with Gasteiger partial charge in [-0.2, -0.15) is 0 Å². The van der Waals surface area contributed by atoms with Gasteiger partial charge in [0.25, 0.3) is 0 Å². The Balaban J connectivity index is 2.25. The quantitative estimate of drug-likeness (QED) is 0.725. The Morgan fingerprint density at radius 1 is 1.10 bits per heavy atom. The molecule has 1 unspecified atom stereocenters. The van der Waals surface area contributed by atoms with E-state index in [1.54, 1.807) is 0 Å². The van der Waals surface area contributed by atoms with E-state index in [4.69, 9.17) is 11.6 Å². The van der Waals surface area contributed by atoms with Crippen LogP contribution in [0, 0.1) is 13.8 Å². The Kier molecular flexibility index (Phi) is 5.86. The van der Waals surface area contributed by atoms with E-state index in [0.717, 1.165) is 22.5 Å². The zero-order chi connectivity index (χ0) is 15.4. The number of nitrogens with one attached hydrogen (secondary N) is 1. The van der Waals surface area contributed by atoms with Crippen LogP contribution in [0.15, 0.2) is 40.9 Å². The maximum absolute atomic E-state index is 6.23. The van der Waals surface area contributed by atoms with E-state index in [-0.39, 0.29) is 6.04 Å². The number of hydrogen-bond acceptors (Lipinski definition) is 1. The molecule has 3 heteroatoms. The second-order valence-corrected chi connectivity index (χ2v) is 6.67. The predicted molar refractivity (Wildman–Crippen MR) is 95.2 cm³/mol. The lowest BCUT2D eigenvalue weighted by molar-refractivity contribution is 0.549. The van der Waals surface area contributed by atoms with Gasteiger partial charge in [-0.15, -0.1) is 0 Å². The van der Waals surface area contributed by atoms with Crippen molar-refractivity contribution in [2.24, 2.45) is 0 Å². The van der Waals surface area contributed by atoms with Gasteiger partial charge in [-0.3, -0.25) is 0 Å². The van der Waals surface area contributed by atoms with E-state index >= 15 is 0 Å². The third-order valence-corrected chi connectivity index (χ3v) is 5.04. The molecule has 1 atom stereocenters. The van der Waals surface area contributed by atoms with Crippen molar-refractivity contribution in [3.8, 4) is 0 Å². The number of halogens is 2. The maximum atomic E-state index is 6.23. The molecule has 1 nitrogen and oxygen atoms in total. The van der Waals surface area contributed by atoms with Gasteiger partial charge >= 0.3 is 0 Å². The second kappa shape index (κ2) is 7.44. The van der Waals surface area contributed by atoms with Crippen molar-refractivity contribution in [1.82, 2.24) is 5.32 Å². The van der Waals surface area contributed by atoms with E-state index in [0.29, 0.717) is 0 Å². The van der Waals surface area contributed by atoms with Crippen LogP contribution in [0.2, 0.25) is 5.02 Å².